The van der Waals surface area contributed by atoms with Crippen LogP contribution in [-0.4, -0.2) is 24.1 Å². The second-order valence-electron chi connectivity index (χ2n) is 6.91. The Labute approximate surface area is 186 Å². The fraction of sp³-hybridized carbons (Fsp3) is 0.273. The first kappa shape index (κ1) is 24.1. The van der Waals surface area contributed by atoms with Crippen molar-refractivity contribution >= 4 is 5.91 Å². The summed E-state index contributed by atoms with van der Waals surface area (Å²) in [5.41, 5.74) is 6.17. The molecular weight excluding hydrogens is 446 g/mol. The lowest BCUT2D eigenvalue weighted by atomic mass is 10.2. The molecule has 3 aromatic rings. The highest BCUT2D eigenvalue weighted by Crippen LogP contribution is 2.34. The van der Waals surface area contributed by atoms with Gasteiger partial charge in [-0.1, -0.05) is 6.07 Å². The van der Waals surface area contributed by atoms with Gasteiger partial charge in [0.15, 0.2) is 23.0 Å². The molecule has 0 aliphatic rings. The summed E-state index contributed by atoms with van der Waals surface area (Å²) in [5.74, 6) is -2.32. The van der Waals surface area contributed by atoms with Crippen LogP contribution in [0, 0.1) is 11.6 Å². The Morgan fingerprint density at radius 2 is 1.94 bits per heavy atom. The van der Waals surface area contributed by atoms with Crippen LogP contribution in [0.5, 0.6) is 11.5 Å². The molecule has 176 valence electrons. The Kier molecular flexibility index (Phi) is 7.54. The zero-order valence-corrected chi connectivity index (χ0v) is 17.7. The average molecular weight is 467 g/mol. The number of nitrogens with one attached hydrogen (secondary N) is 1. The van der Waals surface area contributed by atoms with Crippen molar-refractivity contribution in [1.29, 1.82) is 0 Å². The minimum atomic E-state index is -3.04. The van der Waals surface area contributed by atoms with Crippen molar-refractivity contribution in [2.45, 2.75) is 33.0 Å². The van der Waals surface area contributed by atoms with Crippen LogP contribution in [0.25, 0.3) is 11.5 Å². The number of carbonyl (C=O) groups excluding carboxylic acids is 1. The van der Waals surface area contributed by atoms with E-state index in [9.17, 15) is 22.4 Å². The highest BCUT2D eigenvalue weighted by Gasteiger charge is 2.24. The molecule has 1 atom stereocenters. The smallest absolute Gasteiger partial charge is 0.387 e. The number of carbonyl (C=O) groups is 1. The average Bonchev–Trinajstić information content (AvgIpc) is 3.20. The van der Waals surface area contributed by atoms with Crippen LogP contribution in [0.15, 0.2) is 40.8 Å². The molecule has 0 fully saturated rings. The van der Waals surface area contributed by atoms with Gasteiger partial charge < -0.3 is 24.9 Å². The number of amides is 1. The Bertz CT molecular complexity index is 1130. The lowest BCUT2D eigenvalue weighted by Gasteiger charge is -2.11. The molecule has 0 radical (unpaired) electrons. The van der Waals surface area contributed by atoms with Crippen LogP contribution < -0.4 is 20.5 Å². The molecule has 1 unspecified atom stereocenters. The summed E-state index contributed by atoms with van der Waals surface area (Å²) >= 11 is 0. The van der Waals surface area contributed by atoms with Gasteiger partial charge in [-0.15, -0.1) is 0 Å². The van der Waals surface area contributed by atoms with E-state index in [1.54, 1.807) is 13.8 Å². The first-order chi connectivity index (χ1) is 15.7. The van der Waals surface area contributed by atoms with Crippen molar-refractivity contribution in [3.63, 3.8) is 0 Å². The predicted octanol–water partition coefficient (Wildman–Crippen LogP) is 4.57. The number of benzene rings is 2. The van der Waals surface area contributed by atoms with Gasteiger partial charge in [0.25, 0.3) is 5.91 Å². The quantitative estimate of drug-likeness (QED) is 0.448. The summed E-state index contributed by atoms with van der Waals surface area (Å²) in [4.78, 5) is 16.9. The third-order valence-corrected chi connectivity index (χ3v) is 4.44. The largest absolute Gasteiger partial charge is 0.490 e. The summed E-state index contributed by atoms with van der Waals surface area (Å²) in [7, 11) is 0. The second-order valence-corrected chi connectivity index (χ2v) is 6.91. The number of oxazole rings is 1. The molecule has 0 aliphatic carbocycles. The Balaban J connectivity index is 1.88. The molecule has 1 heterocycles. The van der Waals surface area contributed by atoms with Crippen molar-refractivity contribution in [1.82, 2.24) is 10.3 Å². The van der Waals surface area contributed by atoms with Gasteiger partial charge in [0.1, 0.15) is 11.6 Å². The third-order valence-electron chi connectivity index (χ3n) is 4.44. The zero-order valence-electron chi connectivity index (χ0n) is 17.7. The maximum absolute atomic E-state index is 13.8. The minimum absolute atomic E-state index is 0.00929. The number of nitrogens with zero attached hydrogens (tertiary/aromatic N) is 1. The van der Waals surface area contributed by atoms with Crippen LogP contribution in [0.4, 0.5) is 17.6 Å². The lowest BCUT2D eigenvalue weighted by molar-refractivity contribution is -0.0514. The van der Waals surface area contributed by atoms with Crippen molar-refractivity contribution < 1.29 is 36.2 Å². The number of aromatic nitrogens is 1. The predicted molar refractivity (Wildman–Crippen MR) is 110 cm³/mol. The van der Waals surface area contributed by atoms with E-state index >= 15 is 0 Å². The first-order valence-electron chi connectivity index (χ1n) is 9.90. The number of rotatable bonds is 9. The van der Waals surface area contributed by atoms with E-state index in [0.717, 1.165) is 6.07 Å². The Morgan fingerprint density at radius 3 is 2.58 bits per heavy atom. The van der Waals surface area contributed by atoms with Crippen LogP contribution in [0.1, 0.15) is 41.7 Å². The first-order valence-corrected chi connectivity index (χ1v) is 9.90. The molecule has 33 heavy (non-hydrogen) atoms. The van der Waals surface area contributed by atoms with Gasteiger partial charge in [-0.05, 0) is 38.1 Å². The van der Waals surface area contributed by atoms with Crippen LogP contribution in [-0.2, 0) is 6.54 Å². The van der Waals surface area contributed by atoms with Gasteiger partial charge >= 0.3 is 6.61 Å². The Hall–Kier alpha value is -3.60. The maximum Gasteiger partial charge on any atom is 0.387 e. The molecule has 0 bridgehead atoms. The van der Waals surface area contributed by atoms with Crippen molar-refractivity contribution in [3.8, 4) is 23.0 Å². The van der Waals surface area contributed by atoms with Gasteiger partial charge in [-0.25, -0.2) is 13.8 Å². The minimum Gasteiger partial charge on any atom is -0.490 e. The SMILES string of the molecule is CCOc1cc(-c2nc(C(=O)NCc3ccc(F)cc3F)c(C(C)N)o2)ccc1OC(F)F. The van der Waals surface area contributed by atoms with Crippen LogP contribution in [0.3, 0.4) is 0 Å². The highest BCUT2D eigenvalue weighted by atomic mass is 19.3. The van der Waals surface area contributed by atoms with Gasteiger partial charge in [0.2, 0.25) is 5.89 Å². The number of nitrogens with two attached hydrogens (primary N) is 1. The molecule has 0 saturated carbocycles. The summed E-state index contributed by atoms with van der Waals surface area (Å²) < 4.78 is 67.6. The fourth-order valence-corrected chi connectivity index (χ4v) is 2.95. The standard InChI is InChI=1S/C22H21F4N3O4/c1-3-31-17-8-12(5-7-16(17)32-22(25)26)21-29-18(19(33-21)11(2)27)20(30)28-10-13-4-6-14(23)9-15(13)24/h4-9,11,22H,3,10,27H2,1-2H3,(H,28,30). The van der Waals surface area contributed by atoms with E-state index in [4.69, 9.17) is 14.9 Å². The summed E-state index contributed by atoms with van der Waals surface area (Å²) in [6.07, 6.45) is 0. The van der Waals surface area contributed by atoms with Gasteiger partial charge in [-0.3, -0.25) is 4.79 Å². The van der Waals surface area contributed by atoms with E-state index in [1.807, 2.05) is 0 Å². The third kappa shape index (κ3) is 5.80. The molecule has 3 rings (SSSR count). The molecule has 1 aromatic heterocycles. The monoisotopic (exact) mass is 467 g/mol. The molecule has 0 spiro atoms. The van der Waals surface area contributed by atoms with E-state index in [1.165, 1.54) is 24.3 Å². The van der Waals surface area contributed by atoms with Gasteiger partial charge in [0.05, 0.1) is 12.6 Å². The number of hydrogen-bond donors (Lipinski definition) is 2. The Morgan fingerprint density at radius 1 is 1.18 bits per heavy atom. The molecule has 3 N–H and O–H groups in total. The van der Waals surface area contributed by atoms with Crippen molar-refractivity contribution in [3.05, 3.63) is 65.1 Å². The molecular formula is C22H21F4N3O4. The van der Waals surface area contributed by atoms with Gasteiger partial charge in [0, 0.05) is 23.7 Å². The molecule has 7 nitrogen and oxygen atoms in total. The van der Waals surface area contributed by atoms with E-state index in [0.29, 0.717) is 11.6 Å². The number of ether oxygens (including phenoxy) is 2. The van der Waals surface area contributed by atoms with Crippen LogP contribution in [0.2, 0.25) is 0 Å². The lowest BCUT2D eigenvalue weighted by Crippen LogP contribution is -2.25. The summed E-state index contributed by atoms with van der Waals surface area (Å²) in [6, 6.07) is 6.33. The highest BCUT2D eigenvalue weighted by molar-refractivity contribution is 5.94. The van der Waals surface area contributed by atoms with Crippen molar-refractivity contribution in [2.24, 2.45) is 5.73 Å². The number of alkyl halides is 2. The molecule has 2 aromatic carbocycles. The fourth-order valence-electron chi connectivity index (χ4n) is 2.95. The van der Waals surface area contributed by atoms with E-state index < -0.39 is 30.2 Å². The number of halogens is 4. The summed E-state index contributed by atoms with van der Waals surface area (Å²) in [5, 5.41) is 2.49. The second kappa shape index (κ2) is 10.3. The number of hydrogen-bond acceptors (Lipinski definition) is 6. The molecule has 1 amide bonds. The van der Waals surface area contributed by atoms with E-state index in [2.05, 4.69) is 15.0 Å². The molecule has 0 aliphatic heterocycles. The molecule has 11 heteroatoms. The normalized spacial score (nSPS) is 12.0. The van der Waals surface area contributed by atoms with E-state index in [-0.39, 0.29) is 47.6 Å². The zero-order chi connectivity index (χ0) is 24.1. The van der Waals surface area contributed by atoms with Crippen LogP contribution >= 0.6 is 0 Å². The molecule has 0 saturated heterocycles. The topological polar surface area (TPSA) is 99.6 Å². The summed E-state index contributed by atoms with van der Waals surface area (Å²) in [6.45, 7) is 0.173. The van der Waals surface area contributed by atoms with Gasteiger partial charge in [-0.2, -0.15) is 8.78 Å². The van der Waals surface area contributed by atoms with Crippen molar-refractivity contribution in [2.75, 3.05) is 6.61 Å². The maximum atomic E-state index is 13.8.